The van der Waals surface area contributed by atoms with Crippen molar-refractivity contribution in [2.45, 2.75) is 30.7 Å². The SMILES string of the molecule is O=c1c(-c2ccc(O)cc2)coc2cc(O[C@@H]3O[C@H](CO)[C@@H](O)[C@@H](O)[C@H]3O)ccc12. The smallest absolute Gasteiger partial charge is 0.229 e. The lowest BCUT2D eigenvalue weighted by molar-refractivity contribution is -0.277. The van der Waals surface area contributed by atoms with Crippen molar-refractivity contribution in [1.82, 2.24) is 0 Å². The standard InChI is InChI=1S/C21H20O9/c22-8-16-18(25)19(26)20(27)21(30-16)29-12-5-6-13-15(7-12)28-9-14(17(13)24)10-1-3-11(23)4-2-10/h1-7,9,16,18-23,25-27H,8H2/t16-,18-,19-,20-,21-/m1/s1. The van der Waals surface area contributed by atoms with Crippen LogP contribution in [0.25, 0.3) is 22.1 Å². The van der Waals surface area contributed by atoms with Crippen LogP contribution < -0.4 is 10.2 Å². The molecule has 3 aromatic rings. The molecule has 0 spiro atoms. The Balaban J connectivity index is 1.62. The second-order valence-electron chi connectivity index (χ2n) is 7.00. The van der Waals surface area contributed by atoms with E-state index in [0.717, 1.165) is 0 Å². The molecule has 5 N–H and O–H groups in total. The molecule has 1 aromatic heterocycles. The van der Waals surface area contributed by atoms with Crippen molar-refractivity contribution in [3.05, 3.63) is 59.0 Å². The van der Waals surface area contributed by atoms with Crippen molar-refractivity contribution in [2.75, 3.05) is 6.61 Å². The number of benzene rings is 2. The molecular formula is C21H20O9. The van der Waals surface area contributed by atoms with Crippen molar-refractivity contribution < 1.29 is 39.4 Å². The summed E-state index contributed by atoms with van der Waals surface area (Å²) in [6.07, 6.45) is -5.75. The van der Waals surface area contributed by atoms with E-state index in [1.807, 2.05) is 0 Å². The number of hydrogen-bond acceptors (Lipinski definition) is 9. The first-order chi connectivity index (χ1) is 14.4. The zero-order valence-corrected chi connectivity index (χ0v) is 15.6. The Kier molecular flexibility index (Phi) is 5.46. The fourth-order valence-corrected chi connectivity index (χ4v) is 3.32. The number of rotatable bonds is 4. The van der Waals surface area contributed by atoms with Gasteiger partial charge in [0.25, 0.3) is 0 Å². The summed E-state index contributed by atoms with van der Waals surface area (Å²) in [6, 6.07) is 10.5. The molecule has 158 valence electrons. The number of aliphatic hydroxyl groups is 4. The molecule has 30 heavy (non-hydrogen) atoms. The van der Waals surface area contributed by atoms with Crippen molar-refractivity contribution >= 4 is 11.0 Å². The van der Waals surface area contributed by atoms with Gasteiger partial charge in [0.2, 0.25) is 6.29 Å². The van der Waals surface area contributed by atoms with Gasteiger partial charge in [0.1, 0.15) is 47.8 Å². The Morgan fingerprint density at radius 3 is 2.40 bits per heavy atom. The molecule has 1 aliphatic rings. The van der Waals surface area contributed by atoms with Crippen molar-refractivity contribution in [3.63, 3.8) is 0 Å². The minimum absolute atomic E-state index is 0.0823. The quantitative estimate of drug-likeness (QED) is 0.406. The summed E-state index contributed by atoms with van der Waals surface area (Å²) in [6.45, 7) is -0.572. The van der Waals surface area contributed by atoms with Gasteiger partial charge in [0.15, 0.2) is 5.43 Å². The topological polar surface area (TPSA) is 150 Å². The molecule has 5 atom stereocenters. The van der Waals surface area contributed by atoms with Gasteiger partial charge in [-0.1, -0.05) is 12.1 Å². The van der Waals surface area contributed by atoms with Gasteiger partial charge in [-0.05, 0) is 29.8 Å². The summed E-state index contributed by atoms with van der Waals surface area (Å²) in [5, 5.41) is 48.7. The maximum absolute atomic E-state index is 12.8. The minimum atomic E-state index is -1.56. The Bertz CT molecular complexity index is 1090. The fraction of sp³-hybridized carbons (Fsp3) is 0.286. The molecule has 1 saturated heterocycles. The highest BCUT2D eigenvalue weighted by Crippen LogP contribution is 2.27. The van der Waals surface area contributed by atoms with Gasteiger partial charge in [-0.2, -0.15) is 0 Å². The highest BCUT2D eigenvalue weighted by molar-refractivity contribution is 5.82. The van der Waals surface area contributed by atoms with Crippen molar-refractivity contribution in [3.8, 4) is 22.6 Å². The Morgan fingerprint density at radius 1 is 0.967 bits per heavy atom. The van der Waals surface area contributed by atoms with Crippen LogP contribution in [0.3, 0.4) is 0 Å². The first-order valence-corrected chi connectivity index (χ1v) is 9.21. The van der Waals surface area contributed by atoms with Gasteiger partial charge in [-0.25, -0.2) is 0 Å². The van der Waals surface area contributed by atoms with Gasteiger partial charge < -0.3 is 39.4 Å². The Morgan fingerprint density at radius 2 is 1.70 bits per heavy atom. The number of aliphatic hydroxyl groups excluding tert-OH is 4. The lowest BCUT2D eigenvalue weighted by Gasteiger charge is -2.39. The Labute approximate surface area is 170 Å². The van der Waals surface area contributed by atoms with Crippen LogP contribution in [0.15, 0.2) is 57.9 Å². The lowest BCUT2D eigenvalue weighted by atomic mass is 9.99. The van der Waals surface area contributed by atoms with Crippen LogP contribution in [0.1, 0.15) is 0 Å². The van der Waals surface area contributed by atoms with Gasteiger partial charge in [-0.3, -0.25) is 4.79 Å². The molecule has 0 bridgehead atoms. The molecule has 0 saturated carbocycles. The predicted octanol–water partition coefficient (Wildman–Crippen LogP) is 0.344. The highest BCUT2D eigenvalue weighted by Gasteiger charge is 2.44. The lowest BCUT2D eigenvalue weighted by Crippen LogP contribution is -2.60. The molecular weight excluding hydrogens is 396 g/mol. The van der Waals surface area contributed by atoms with Crippen LogP contribution in [-0.2, 0) is 4.74 Å². The average Bonchev–Trinajstić information content (AvgIpc) is 2.75. The third kappa shape index (κ3) is 3.64. The molecule has 4 rings (SSSR count). The van der Waals surface area contributed by atoms with E-state index in [-0.39, 0.29) is 22.5 Å². The second-order valence-corrected chi connectivity index (χ2v) is 7.00. The number of ether oxygens (including phenoxy) is 2. The molecule has 1 fully saturated rings. The fourth-order valence-electron chi connectivity index (χ4n) is 3.32. The summed E-state index contributed by atoms with van der Waals surface area (Å²) in [5.41, 5.74) is 0.862. The van der Waals surface area contributed by atoms with E-state index in [4.69, 9.17) is 13.9 Å². The number of hydrogen-bond donors (Lipinski definition) is 5. The second kappa shape index (κ2) is 8.05. The van der Waals surface area contributed by atoms with Crippen LogP contribution >= 0.6 is 0 Å². The van der Waals surface area contributed by atoms with Gasteiger partial charge in [0.05, 0.1) is 17.6 Å². The molecule has 0 aliphatic carbocycles. The summed E-state index contributed by atoms with van der Waals surface area (Å²) in [5.74, 6) is 0.270. The normalized spacial score (nSPS) is 26.6. The average molecular weight is 416 g/mol. The maximum atomic E-state index is 12.8. The van der Waals surface area contributed by atoms with E-state index in [0.29, 0.717) is 16.5 Å². The van der Waals surface area contributed by atoms with Crippen molar-refractivity contribution in [2.24, 2.45) is 0 Å². The van der Waals surface area contributed by atoms with E-state index < -0.39 is 37.3 Å². The number of fused-ring (bicyclic) bond motifs is 1. The van der Waals surface area contributed by atoms with Crippen molar-refractivity contribution in [1.29, 1.82) is 0 Å². The monoisotopic (exact) mass is 416 g/mol. The summed E-state index contributed by atoms with van der Waals surface area (Å²) in [4.78, 5) is 12.8. The van der Waals surface area contributed by atoms with E-state index in [1.54, 1.807) is 12.1 Å². The van der Waals surface area contributed by atoms with Gasteiger partial charge in [-0.15, -0.1) is 0 Å². The number of aromatic hydroxyl groups is 1. The zero-order chi connectivity index (χ0) is 21.4. The number of phenols is 1. The molecule has 2 heterocycles. The minimum Gasteiger partial charge on any atom is -0.508 e. The maximum Gasteiger partial charge on any atom is 0.229 e. The van der Waals surface area contributed by atoms with E-state index in [1.165, 1.54) is 36.6 Å². The van der Waals surface area contributed by atoms with E-state index in [9.17, 15) is 30.3 Å². The molecule has 1 aliphatic heterocycles. The van der Waals surface area contributed by atoms with Crippen LogP contribution in [0.4, 0.5) is 0 Å². The summed E-state index contributed by atoms with van der Waals surface area (Å²) >= 11 is 0. The van der Waals surface area contributed by atoms with Crippen LogP contribution in [0.2, 0.25) is 0 Å². The van der Waals surface area contributed by atoms with Gasteiger partial charge >= 0.3 is 0 Å². The third-order valence-electron chi connectivity index (χ3n) is 5.03. The van der Waals surface area contributed by atoms with Crippen LogP contribution in [0.5, 0.6) is 11.5 Å². The highest BCUT2D eigenvalue weighted by atomic mass is 16.7. The molecule has 9 heteroatoms. The van der Waals surface area contributed by atoms with E-state index >= 15 is 0 Å². The third-order valence-corrected chi connectivity index (χ3v) is 5.03. The zero-order valence-electron chi connectivity index (χ0n) is 15.6. The molecule has 9 nitrogen and oxygen atoms in total. The first kappa shape index (κ1) is 20.3. The summed E-state index contributed by atoms with van der Waals surface area (Å²) in [7, 11) is 0. The predicted molar refractivity (Wildman–Crippen MR) is 104 cm³/mol. The number of phenolic OH excluding ortho intramolecular Hbond substituents is 1. The largest absolute Gasteiger partial charge is 0.508 e. The summed E-state index contributed by atoms with van der Waals surface area (Å²) < 4.78 is 16.4. The van der Waals surface area contributed by atoms with E-state index in [2.05, 4.69) is 0 Å². The first-order valence-electron chi connectivity index (χ1n) is 9.21. The molecule has 0 radical (unpaired) electrons. The van der Waals surface area contributed by atoms with Crippen LogP contribution in [-0.4, -0.2) is 62.8 Å². The van der Waals surface area contributed by atoms with Crippen LogP contribution in [0, 0.1) is 0 Å². The Hall–Kier alpha value is -2.95. The molecule has 0 unspecified atom stereocenters. The van der Waals surface area contributed by atoms with Gasteiger partial charge in [0, 0.05) is 6.07 Å². The molecule has 2 aromatic carbocycles. The molecule has 0 amide bonds.